The molecule has 0 amide bonds. The lowest BCUT2D eigenvalue weighted by molar-refractivity contribution is 0.0960. The number of nitrogens with zero attached hydrogens (tertiary/aromatic N) is 6. The number of hydrogen-bond acceptors (Lipinski definition) is 7. The van der Waals surface area contributed by atoms with Crippen LogP contribution in [0.2, 0.25) is 0 Å². The number of aromatic nitrogens is 3. The van der Waals surface area contributed by atoms with Gasteiger partial charge in [0.25, 0.3) is 0 Å². The molecular weight excluding hydrogens is 328 g/mol. The highest BCUT2D eigenvalue weighted by atomic mass is 16.5. The molecule has 2 aromatic heterocycles. The van der Waals surface area contributed by atoms with E-state index in [1.807, 2.05) is 12.3 Å². The average molecular weight is 356 g/mol. The summed E-state index contributed by atoms with van der Waals surface area (Å²) in [6, 6.07) is 4.71. The number of hydrogen-bond donors (Lipinski definition) is 0. The minimum absolute atomic E-state index is 0.614. The zero-order valence-corrected chi connectivity index (χ0v) is 15.8. The molecule has 2 fully saturated rings. The smallest absolute Gasteiger partial charge is 0.241 e. The first-order valence-electron chi connectivity index (χ1n) is 9.69. The molecule has 7 heteroatoms. The first-order chi connectivity index (χ1) is 12.7. The van der Waals surface area contributed by atoms with Crippen LogP contribution < -0.4 is 4.90 Å². The Bertz CT molecular complexity index is 699. The van der Waals surface area contributed by atoms with Gasteiger partial charge in [-0.3, -0.25) is 9.80 Å². The van der Waals surface area contributed by atoms with Gasteiger partial charge in [-0.15, -0.1) is 0 Å². The summed E-state index contributed by atoms with van der Waals surface area (Å²) < 4.78 is 5.47. The number of piperazine rings is 1. The summed E-state index contributed by atoms with van der Waals surface area (Å²) in [5, 5.41) is 4.15. The van der Waals surface area contributed by atoms with Gasteiger partial charge < -0.3 is 9.42 Å². The van der Waals surface area contributed by atoms with Gasteiger partial charge in [-0.05, 0) is 38.8 Å². The highest BCUT2D eigenvalue weighted by molar-refractivity contribution is 5.56. The standard InChI is InChI=1S/C19H28N6O/c1-15(2)24-11-9-23(10-12-24)14-18-21-19(22-26-18)16-5-6-17(20-13-16)25-7-3-4-8-25/h5-6,13,15H,3-4,7-12,14H2,1-2H3. The normalized spacial score (nSPS) is 19.6. The first kappa shape index (κ1) is 17.4. The Balaban J connectivity index is 1.36. The van der Waals surface area contributed by atoms with Crippen LogP contribution in [0.15, 0.2) is 22.9 Å². The maximum absolute atomic E-state index is 5.47. The molecule has 0 saturated carbocycles. The molecule has 2 saturated heterocycles. The molecule has 26 heavy (non-hydrogen) atoms. The van der Waals surface area contributed by atoms with Crippen LogP contribution in [0, 0.1) is 0 Å². The second kappa shape index (κ2) is 7.72. The highest BCUT2D eigenvalue weighted by Crippen LogP contribution is 2.21. The monoisotopic (exact) mass is 356 g/mol. The fraction of sp³-hybridized carbons (Fsp3) is 0.632. The summed E-state index contributed by atoms with van der Waals surface area (Å²) in [6.45, 7) is 11.7. The van der Waals surface area contributed by atoms with Crippen molar-refractivity contribution >= 4 is 5.82 Å². The van der Waals surface area contributed by atoms with Crippen LogP contribution in [0.1, 0.15) is 32.6 Å². The lowest BCUT2D eigenvalue weighted by Crippen LogP contribution is -2.48. The van der Waals surface area contributed by atoms with E-state index >= 15 is 0 Å². The molecule has 0 bridgehead atoms. The van der Waals surface area contributed by atoms with Gasteiger partial charge in [-0.1, -0.05) is 5.16 Å². The Hall–Kier alpha value is -1.99. The molecule has 0 aliphatic carbocycles. The van der Waals surface area contributed by atoms with Crippen molar-refractivity contribution in [3.8, 4) is 11.4 Å². The zero-order valence-electron chi connectivity index (χ0n) is 15.8. The van der Waals surface area contributed by atoms with E-state index < -0.39 is 0 Å². The minimum atomic E-state index is 0.614. The van der Waals surface area contributed by atoms with Crippen LogP contribution in [0.3, 0.4) is 0 Å². The highest BCUT2D eigenvalue weighted by Gasteiger charge is 2.21. The lowest BCUT2D eigenvalue weighted by atomic mass is 10.2. The van der Waals surface area contributed by atoms with Crippen LogP contribution in [-0.4, -0.2) is 70.2 Å². The van der Waals surface area contributed by atoms with Crippen LogP contribution in [-0.2, 0) is 6.54 Å². The summed E-state index contributed by atoms with van der Waals surface area (Å²) in [5.41, 5.74) is 0.910. The summed E-state index contributed by atoms with van der Waals surface area (Å²) in [5.74, 6) is 2.35. The molecule has 7 nitrogen and oxygen atoms in total. The largest absolute Gasteiger partial charge is 0.357 e. The zero-order chi connectivity index (χ0) is 17.9. The predicted octanol–water partition coefficient (Wildman–Crippen LogP) is 2.26. The van der Waals surface area contributed by atoms with Crippen molar-refractivity contribution in [3.63, 3.8) is 0 Å². The van der Waals surface area contributed by atoms with Crippen LogP contribution in [0.5, 0.6) is 0 Å². The molecule has 2 aromatic rings. The Morgan fingerprint density at radius 2 is 1.81 bits per heavy atom. The topological polar surface area (TPSA) is 61.5 Å². The Labute approximate surface area is 155 Å². The van der Waals surface area contributed by atoms with Crippen molar-refractivity contribution in [1.29, 1.82) is 0 Å². The minimum Gasteiger partial charge on any atom is -0.357 e. The molecular formula is C19H28N6O. The predicted molar refractivity (Wildman–Crippen MR) is 101 cm³/mol. The third kappa shape index (κ3) is 3.88. The summed E-state index contributed by atoms with van der Waals surface area (Å²) in [7, 11) is 0. The molecule has 0 aromatic carbocycles. The average Bonchev–Trinajstić information content (AvgIpc) is 3.34. The fourth-order valence-electron chi connectivity index (χ4n) is 3.72. The number of rotatable bonds is 5. The lowest BCUT2D eigenvalue weighted by Gasteiger charge is -2.36. The van der Waals surface area contributed by atoms with Gasteiger partial charge in [0.2, 0.25) is 11.7 Å². The second-order valence-corrected chi connectivity index (χ2v) is 7.52. The van der Waals surface area contributed by atoms with E-state index in [-0.39, 0.29) is 0 Å². The van der Waals surface area contributed by atoms with E-state index in [1.165, 1.54) is 12.8 Å². The molecule has 0 spiro atoms. The molecule has 4 heterocycles. The third-order valence-electron chi connectivity index (χ3n) is 5.40. The first-order valence-corrected chi connectivity index (χ1v) is 9.69. The van der Waals surface area contributed by atoms with Crippen LogP contribution in [0.4, 0.5) is 5.82 Å². The van der Waals surface area contributed by atoms with Gasteiger partial charge in [0.1, 0.15) is 5.82 Å². The summed E-state index contributed by atoms with van der Waals surface area (Å²) in [6.07, 6.45) is 4.36. The number of pyridine rings is 1. The van der Waals surface area contributed by atoms with Crippen molar-refractivity contribution in [3.05, 3.63) is 24.2 Å². The Kier molecular flexibility index (Phi) is 5.17. The van der Waals surface area contributed by atoms with Crippen molar-refractivity contribution in [2.45, 2.75) is 39.3 Å². The van der Waals surface area contributed by atoms with E-state index in [0.29, 0.717) is 17.8 Å². The van der Waals surface area contributed by atoms with Gasteiger partial charge in [0.15, 0.2) is 0 Å². The molecule has 0 N–H and O–H groups in total. The Morgan fingerprint density at radius 3 is 2.46 bits per heavy atom. The van der Waals surface area contributed by atoms with Gasteiger partial charge in [0.05, 0.1) is 6.54 Å². The molecule has 0 radical (unpaired) electrons. The van der Waals surface area contributed by atoms with Crippen LogP contribution >= 0.6 is 0 Å². The molecule has 0 atom stereocenters. The molecule has 2 aliphatic rings. The number of anilines is 1. The fourth-order valence-corrected chi connectivity index (χ4v) is 3.72. The molecule has 0 unspecified atom stereocenters. The quantitative estimate of drug-likeness (QED) is 0.814. The van der Waals surface area contributed by atoms with E-state index in [2.05, 4.69) is 49.7 Å². The molecule has 140 valence electrons. The van der Waals surface area contributed by atoms with E-state index in [4.69, 9.17) is 4.52 Å². The third-order valence-corrected chi connectivity index (χ3v) is 5.40. The molecule has 2 aliphatic heterocycles. The Morgan fingerprint density at radius 1 is 1.04 bits per heavy atom. The SMILES string of the molecule is CC(C)N1CCN(Cc2nc(-c3ccc(N4CCCC4)nc3)no2)CC1. The van der Waals surface area contributed by atoms with E-state index in [0.717, 1.165) is 57.2 Å². The van der Waals surface area contributed by atoms with Crippen molar-refractivity contribution in [1.82, 2.24) is 24.9 Å². The van der Waals surface area contributed by atoms with Crippen molar-refractivity contribution in [2.24, 2.45) is 0 Å². The maximum atomic E-state index is 5.47. The second-order valence-electron chi connectivity index (χ2n) is 7.52. The maximum Gasteiger partial charge on any atom is 0.241 e. The summed E-state index contributed by atoms with van der Waals surface area (Å²) >= 11 is 0. The van der Waals surface area contributed by atoms with Gasteiger partial charge in [-0.25, -0.2) is 4.98 Å². The molecule has 4 rings (SSSR count). The van der Waals surface area contributed by atoms with Crippen molar-refractivity contribution < 1.29 is 4.52 Å². The summed E-state index contributed by atoms with van der Waals surface area (Å²) in [4.78, 5) is 16.3. The van der Waals surface area contributed by atoms with E-state index in [9.17, 15) is 0 Å². The van der Waals surface area contributed by atoms with Gasteiger partial charge in [-0.2, -0.15) is 4.98 Å². The van der Waals surface area contributed by atoms with E-state index in [1.54, 1.807) is 0 Å². The van der Waals surface area contributed by atoms with Gasteiger partial charge >= 0.3 is 0 Å². The van der Waals surface area contributed by atoms with Crippen molar-refractivity contribution in [2.75, 3.05) is 44.2 Å². The van der Waals surface area contributed by atoms with Gasteiger partial charge in [0, 0.05) is 57.1 Å². The van der Waals surface area contributed by atoms with Crippen LogP contribution in [0.25, 0.3) is 11.4 Å².